The summed E-state index contributed by atoms with van der Waals surface area (Å²) in [4.78, 5) is 15.8. The zero-order valence-corrected chi connectivity index (χ0v) is 11.4. The number of carbonyl (C=O) groups is 1. The summed E-state index contributed by atoms with van der Waals surface area (Å²) in [6.07, 6.45) is 0.149. The van der Waals surface area contributed by atoms with E-state index in [1.165, 1.54) is 11.3 Å². The molecule has 0 fully saturated rings. The second kappa shape index (κ2) is 5.56. The number of rotatable bonds is 3. The molecule has 1 aromatic carbocycles. The lowest BCUT2D eigenvalue weighted by Gasteiger charge is -2.06. The number of amides is 1. The summed E-state index contributed by atoms with van der Waals surface area (Å²) in [5, 5.41) is 5.81. The number of hydrogen-bond acceptors (Lipinski definition) is 4. The van der Waals surface area contributed by atoms with Gasteiger partial charge in [-0.25, -0.2) is 4.98 Å². The molecule has 2 rings (SSSR count). The molecular formula is C11H9Cl2N3OS. The first-order valence-corrected chi connectivity index (χ1v) is 6.63. The van der Waals surface area contributed by atoms with Crippen molar-refractivity contribution in [2.24, 2.45) is 0 Å². The maximum absolute atomic E-state index is 11.8. The number of anilines is 2. The Morgan fingerprint density at radius 1 is 1.44 bits per heavy atom. The average Bonchev–Trinajstić information content (AvgIpc) is 2.69. The monoisotopic (exact) mass is 301 g/mol. The van der Waals surface area contributed by atoms with Crippen LogP contribution in [0.15, 0.2) is 23.6 Å². The van der Waals surface area contributed by atoms with Crippen molar-refractivity contribution < 1.29 is 4.79 Å². The van der Waals surface area contributed by atoms with Gasteiger partial charge in [0.1, 0.15) is 0 Å². The zero-order valence-electron chi connectivity index (χ0n) is 9.11. The van der Waals surface area contributed by atoms with E-state index < -0.39 is 0 Å². The van der Waals surface area contributed by atoms with Gasteiger partial charge in [0.2, 0.25) is 5.91 Å². The third kappa shape index (κ3) is 3.35. The minimum atomic E-state index is -0.218. The van der Waals surface area contributed by atoms with Crippen molar-refractivity contribution in [2.75, 3.05) is 11.1 Å². The Morgan fingerprint density at radius 2 is 2.22 bits per heavy atom. The predicted molar refractivity (Wildman–Crippen MR) is 75.3 cm³/mol. The first kappa shape index (κ1) is 13.1. The highest BCUT2D eigenvalue weighted by molar-refractivity contribution is 7.13. The minimum absolute atomic E-state index is 0.149. The number of nitrogens with zero attached hydrogens (tertiary/aromatic N) is 1. The summed E-state index contributed by atoms with van der Waals surface area (Å²) in [6.45, 7) is 0. The van der Waals surface area contributed by atoms with Gasteiger partial charge < -0.3 is 11.1 Å². The standard InChI is InChI=1S/C11H9Cl2N3OS/c12-6-1-2-8(13)9(3-6)16-10(17)4-7-5-18-11(14)15-7/h1-3,5H,4H2,(H2,14,15)(H,16,17). The van der Waals surface area contributed by atoms with Crippen LogP contribution in [0.5, 0.6) is 0 Å². The molecule has 0 aliphatic heterocycles. The van der Waals surface area contributed by atoms with Gasteiger partial charge in [-0.15, -0.1) is 11.3 Å². The lowest BCUT2D eigenvalue weighted by molar-refractivity contribution is -0.115. The third-order valence-electron chi connectivity index (χ3n) is 2.11. The number of aromatic nitrogens is 1. The fourth-order valence-corrected chi connectivity index (χ4v) is 2.26. The minimum Gasteiger partial charge on any atom is -0.375 e. The van der Waals surface area contributed by atoms with E-state index in [9.17, 15) is 4.79 Å². The van der Waals surface area contributed by atoms with Crippen LogP contribution >= 0.6 is 34.5 Å². The quantitative estimate of drug-likeness (QED) is 0.914. The molecule has 94 valence electrons. The Labute approximate surface area is 118 Å². The van der Waals surface area contributed by atoms with Crippen LogP contribution in [0, 0.1) is 0 Å². The van der Waals surface area contributed by atoms with Gasteiger partial charge in [0.05, 0.1) is 22.8 Å². The molecule has 2 aromatic rings. The Balaban J connectivity index is 2.05. The Morgan fingerprint density at radius 3 is 2.89 bits per heavy atom. The molecule has 1 aromatic heterocycles. The molecule has 4 nitrogen and oxygen atoms in total. The number of nitrogens with one attached hydrogen (secondary N) is 1. The van der Waals surface area contributed by atoms with Crippen molar-refractivity contribution in [1.82, 2.24) is 4.98 Å². The van der Waals surface area contributed by atoms with Crippen LogP contribution in [0.25, 0.3) is 0 Å². The van der Waals surface area contributed by atoms with Crippen molar-refractivity contribution in [3.63, 3.8) is 0 Å². The molecule has 0 saturated heterocycles. The van der Waals surface area contributed by atoms with Gasteiger partial charge in [-0.1, -0.05) is 23.2 Å². The van der Waals surface area contributed by atoms with Crippen LogP contribution in [-0.4, -0.2) is 10.9 Å². The Bertz CT molecular complexity index is 585. The number of nitrogen functional groups attached to an aromatic ring is 1. The smallest absolute Gasteiger partial charge is 0.230 e. The summed E-state index contributed by atoms with van der Waals surface area (Å²) >= 11 is 13.1. The molecule has 3 N–H and O–H groups in total. The van der Waals surface area contributed by atoms with Crippen LogP contribution < -0.4 is 11.1 Å². The molecule has 1 amide bonds. The molecule has 0 unspecified atom stereocenters. The molecule has 0 atom stereocenters. The zero-order chi connectivity index (χ0) is 13.1. The highest BCUT2D eigenvalue weighted by Gasteiger charge is 2.09. The van der Waals surface area contributed by atoms with Gasteiger partial charge in [-0.05, 0) is 18.2 Å². The number of halogens is 2. The van der Waals surface area contributed by atoms with Crippen LogP contribution in [0.2, 0.25) is 10.0 Å². The van der Waals surface area contributed by atoms with Crippen molar-refractivity contribution in [3.05, 3.63) is 39.3 Å². The summed E-state index contributed by atoms with van der Waals surface area (Å²) in [5.74, 6) is -0.218. The first-order valence-electron chi connectivity index (χ1n) is 4.99. The summed E-state index contributed by atoms with van der Waals surface area (Å²) in [5.41, 5.74) is 6.60. The van der Waals surface area contributed by atoms with E-state index in [2.05, 4.69) is 10.3 Å². The van der Waals surface area contributed by atoms with Crippen molar-refractivity contribution >= 4 is 51.3 Å². The van der Waals surface area contributed by atoms with Gasteiger partial charge in [-0.3, -0.25) is 4.79 Å². The van der Waals surface area contributed by atoms with E-state index in [4.69, 9.17) is 28.9 Å². The van der Waals surface area contributed by atoms with Crippen LogP contribution in [-0.2, 0) is 11.2 Å². The van der Waals surface area contributed by atoms with Crippen molar-refractivity contribution in [3.8, 4) is 0 Å². The normalized spacial score (nSPS) is 10.3. The highest BCUT2D eigenvalue weighted by atomic mass is 35.5. The molecule has 1 heterocycles. The average molecular weight is 302 g/mol. The molecule has 0 saturated carbocycles. The van der Waals surface area contributed by atoms with Gasteiger partial charge in [0.15, 0.2) is 5.13 Å². The van der Waals surface area contributed by atoms with Gasteiger partial charge in [0, 0.05) is 10.4 Å². The fourth-order valence-electron chi connectivity index (χ4n) is 1.36. The fraction of sp³-hybridized carbons (Fsp3) is 0.0909. The largest absolute Gasteiger partial charge is 0.375 e. The number of thiazole rings is 1. The van der Waals surface area contributed by atoms with E-state index in [0.717, 1.165) is 0 Å². The van der Waals surface area contributed by atoms with E-state index in [1.54, 1.807) is 23.6 Å². The van der Waals surface area contributed by atoms with Gasteiger partial charge in [-0.2, -0.15) is 0 Å². The number of benzene rings is 1. The maximum atomic E-state index is 11.8. The molecule has 18 heavy (non-hydrogen) atoms. The van der Waals surface area contributed by atoms with Crippen molar-refractivity contribution in [1.29, 1.82) is 0 Å². The molecule has 0 bridgehead atoms. The van der Waals surface area contributed by atoms with E-state index in [0.29, 0.717) is 26.6 Å². The number of hydrogen-bond donors (Lipinski definition) is 2. The topological polar surface area (TPSA) is 68.0 Å². The molecule has 0 aliphatic carbocycles. The molecule has 0 spiro atoms. The van der Waals surface area contributed by atoms with Crippen molar-refractivity contribution in [2.45, 2.75) is 6.42 Å². The summed E-state index contributed by atoms with van der Waals surface area (Å²) in [6, 6.07) is 4.87. The van der Waals surface area contributed by atoms with E-state index in [-0.39, 0.29) is 12.3 Å². The molecule has 0 aliphatic rings. The van der Waals surface area contributed by atoms with Gasteiger partial charge >= 0.3 is 0 Å². The summed E-state index contributed by atoms with van der Waals surface area (Å²) < 4.78 is 0. The second-order valence-corrected chi connectivity index (χ2v) is 5.26. The number of carbonyl (C=O) groups excluding carboxylic acids is 1. The number of nitrogens with two attached hydrogens (primary N) is 1. The maximum Gasteiger partial charge on any atom is 0.230 e. The van der Waals surface area contributed by atoms with E-state index >= 15 is 0 Å². The summed E-state index contributed by atoms with van der Waals surface area (Å²) in [7, 11) is 0. The second-order valence-electron chi connectivity index (χ2n) is 3.53. The van der Waals surface area contributed by atoms with E-state index in [1.807, 2.05) is 0 Å². The third-order valence-corrected chi connectivity index (χ3v) is 3.40. The SMILES string of the molecule is Nc1nc(CC(=O)Nc2cc(Cl)ccc2Cl)cs1. The highest BCUT2D eigenvalue weighted by Crippen LogP contribution is 2.25. The molecule has 7 heteroatoms. The molecule has 0 radical (unpaired) electrons. The Kier molecular flexibility index (Phi) is 4.06. The predicted octanol–water partition coefficient (Wildman–Crippen LogP) is 3.21. The Hall–Kier alpha value is -1.30. The van der Waals surface area contributed by atoms with Crippen LogP contribution in [0.1, 0.15) is 5.69 Å². The van der Waals surface area contributed by atoms with Crippen LogP contribution in [0.4, 0.5) is 10.8 Å². The lowest BCUT2D eigenvalue weighted by Crippen LogP contribution is -2.14. The first-order chi connectivity index (χ1) is 8.54. The lowest BCUT2D eigenvalue weighted by atomic mass is 10.3. The molecular weight excluding hydrogens is 293 g/mol. The van der Waals surface area contributed by atoms with Crippen LogP contribution in [0.3, 0.4) is 0 Å². The van der Waals surface area contributed by atoms with Gasteiger partial charge in [0.25, 0.3) is 0 Å².